The lowest BCUT2D eigenvalue weighted by atomic mass is 9.92. The molecule has 1 aliphatic carbocycles. The topological polar surface area (TPSA) is 26.3 Å². The molecule has 0 aromatic heterocycles. The third kappa shape index (κ3) is 4.59. The molecule has 3 rings (SSSR count). The average Bonchev–Trinajstić information content (AvgIpc) is 2.56. The predicted octanol–water partition coefficient (Wildman–Crippen LogP) is 5.15. The molecule has 0 bridgehead atoms. The van der Waals surface area contributed by atoms with Gasteiger partial charge in [-0.05, 0) is 79.5 Å². The van der Waals surface area contributed by atoms with Crippen molar-refractivity contribution in [2.45, 2.75) is 44.9 Å². The maximum Gasteiger partial charge on any atom is 0.311 e. The molecule has 0 radical (unpaired) electrons. The molecule has 0 saturated carbocycles. The Morgan fingerprint density at radius 2 is 1.74 bits per heavy atom. The Morgan fingerprint density at radius 3 is 2.52 bits per heavy atom. The predicted molar refractivity (Wildman–Crippen MR) is 93.1 cm³/mol. The molecule has 0 amide bonds. The lowest BCUT2D eigenvalue weighted by Gasteiger charge is -2.16. The van der Waals surface area contributed by atoms with E-state index in [0.29, 0.717) is 12.2 Å². The molecule has 0 heterocycles. The summed E-state index contributed by atoms with van der Waals surface area (Å²) in [4.78, 5) is 12.0. The highest BCUT2D eigenvalue weighted by atomic mass is 35.5. The summed E-state index contributed by atoms with van der Waals surface area (Å²) in [7, 11) is 0. The van der Waals surface area contributed by atoms with Crippen molar-refractivity contribution in [3.63, 3.8) is 0 Å². The van der Waals surface area contributed by atoms with Crippen LogP contribution in [0.15, 0.2) is 42.5 Å². The summed E-state index contributed by atoms with van der Waals surface area (Å²) >= 11 is 5.86. The third-order valence-electron chi connectivity index (χ3n) is 4.31. The highest BCUT2D eigenvalue weighted by Gasteiger charge is 2.11. The second kappa shape index (κ2) is 7.65. The normalized spacial score (nSPS) is 13.4. The number of hydrogen-bond acceptors (Lipinski definition) is 2. The Hall–Kier alpha value is -1.80. The van der Waals surface area contributed by atoms with Crippen molar-refractivity contribution in [3.8, 4) is 5.75 Å². The first-order chi connectivity index (χ1) is 11.2. The summed E-state index contributed by atoms with van der Waals surface area (Å²) in [6.45, 7) is 0. The molecule has 0 spiro atoms. The zero-order chi connectivity index (χ0) is 16.1. The van der Waals surface area contributed by atoms with Crippen LogP contribution in [-0.4, -0.2) is 5.97 Å². The van der Waals surface area contributed by atoms with Gasteiger partial charge in [-0.2, -0.15) is 0 Å². The molecular formula is C20H21ClO2. The number of carbonyl (C=O) groups excluding carboxylic acids is 1. The maximum absolute atomic E-state index is 12.0. The number of hydrogen-bond donors (Lipinski definition) is 0. The van der Waals surface area contributed by atoms with Crippen molar-refractivity contribution in [1.82, 2.24) is 0 Å². The molecule has 0 atom stereocenters. The van der Waals surface area contributed by atoms with Crippen LogP contribution in [0.2, 0.25) is 5.02 Å². The minimum atomic E-state index is -0.158. The van der Waals surface area contributed by atoms with Gasteiger partial charge in [0.15, 0.2) is 0 Å². The highest BCUT2D eigenvalue weighted by Crippen LogP contribution is 2.25. The van der Waals surface area contributed by atoms with Gasteiger partial charge in [-0.25, -0.2) is 0 Å². The van der Waals surface area contributed by atoms with Gasteiger partial charge in [-0.1, -0.05) is 29.8 Å². The van der Waals surface area contributed by atoms with E-state index in [0.717, 1.165) is 30.7 Å². The second-order valence-electron chi connectivity index (χ2n) is 6.09. The summed E-state index contributed by atoms with van der Waals surface area (Å²) in [5, 5.41) is 0.737. The number of aryl methyl sites for hydroxylation is 3. The number of benzene rings is 2. The summed E-state index contributed by atoms with van der Waals surface area (Å²) < 4.78 is 5.48. The summed E-state index contributed by atoms with van der Waals surface area (Å²) in [6.07, 6.45) is 6.80. The van der Waals surface area contributed by atoms with Crippen LogP contribution in [0.25, 0.3) is 0 Å². The van der Waals surface area contributed by atoms with Crippen LogP contribution in [0.3, 0.4) is 0 Å². The van der Waals surface area contributed by atoms with Crippen LogP contribution in [0.4, 0.5) is 0 Å². The Morgan fingerprint density at radius 1 is 1.00 bits per heavy atom. The minimum Gasteiger partial charge on any atom is -0.427 e. The van der Waals surface area contributed by atoms with Gasteiger partial charge in [-0.3, -0.25) is 4.79 Å². The standard InChI is InChI=1S/C20H21ClO2/c21-18-11-8-15(9-12-18)4-3-7-20(22)23-19-13-10-16-5-1-2-6-17(16)14-19/h8-14H,1-7H2. The lowest BCUT2D eigenvalue weighted by Crippen LogP contribution is -2.09. The smallest absolute Gasteiger partial charge is 0.311 e. The fourth-order valence-electron chi connectivity index (χ4n) is 3.04. The first kappa shape index (κ1) is 16.1. The number of esters is 1. The highest BCUT2D eigenvalue weighted by molar-refractivity contribution is 6.30. The van der Waals surface area contributed by atoms with Crippen LogP contribution < -0.4 is 4.74 Å². The Bertz CT molecular complexity index is 677. The van der Waals surface area contributed by atoms with Crippen LogP contribution >= 0.6 is 11.6 Å². The van der Waals surface area contributed by atoms with Crippen LogP contribution in [0, 0.1) is 0 Å². The average molecular weight is 329 g/mol. The minimum absolute atomic E-state index is 0.158. The Balaban J connectivity index is 1.48. The number of rotatable bonds is 5. The molecule has 0 aliphatic heterocycles. The Kier molecular flexibility index (Phi) is 5.35. The van der Waals surface area contributed by atoms with E-state index < -0.39 is 0 Å². The van der Waals surface area contributed by atoms with Gasteiger partial charge in [0, 0.05) is 11.4 Å². The van der Waals surface area contributed by atoms with Crippen LogP contribution in [0.5, 0.6) is 5.75 Å². The van der Waals surface area contributed by atoms with Crippen molar-refractivity contribution < 1.29 is 9.53 Å². The molecule has 1 aliphatic rings. The van der Waals surface area contributed by atoms with E-state index in [1.165, 1.54) is 29.5 Å². The van der Waals surface area contributed by atoms with Crippen molar-refractivity contribution in [2.75, 3.05) is 0 Å². The van der Waals surface area contributed by atoms with E-state index in [-0.39, 0.29) is 5.97 Å². The molecule has 23 heavy (non-hydrogen) atoms. The van der Waals surface area contributed by atoms with Crippen molar-refractivity contribution >= 4 is 17.6 Å². The molecule has 0 N–H and O–H groups in total. The number of carbonyl (C=O) groups is 1. The van der Waals surface area contributed by atoms with Gasteiger partial charge in [0.05, 0.1) is 0 Å². The molecule has 2 aromatic carbocycles. The molecule has 0 unspecified atom stereocenters. The Labute approximate surface area is 142 Å². The summed E-state index contributed by atoms with van der Waals surface area (Å²) in [6, 6.07) is 13.8. The molecule has 2 aromatic rings. The SMILES string of the molecule is O=C(CCCc1ccc(Cl)cc1)Oc1ccc2c(c1)CCCC2. The lowest BCUT2D eigenvalue weighted by molar-refractivity contribution is -0.134. The van der Waals surface area contributed by atoms with Crippen LogP contribution in [-0.2, 0) is 24.1 Å². The molecule has 2 nitrogen and oxygen atoms in total. The van der Waals surface area contributed by atoms with Crippen molar-refractivity contribution in [1.29, 1.82) is 0 Å². The zero-order valence-corrected chi connectivity index (χ0v) is 13.9. The van der Waals surface area contributed by atoms with E-state index in [9.17, 15) is 4.79 Å². The van der Waals surface area contributed by atoms with E-state index in [1.54, 1.807) is 0 Å². The fraction of sp³-hybridized carbons (Fsp3) is 0.350. The van der Waals surface area contributed by atoms with Gasteiger partial charge in [0.1, 0.15) is 5.75 Å². The molecule has 0 saturated heterocycles. The quantitative estimate of drug-likeness (QED) is 0.560. The number of halogens is 1. The second-order valence-corrected chi connectivity index (χ2v) is 6.53. The third-order valence-corrected chi connectivity index (χ3v) is 4.56. The molecule has 0 fully saturated rings. The van der Waals surface area contributed by atoms with Crippen LogP contribution in [0.1, 0.15) is 42.4 Å². The van der Waals surface area contributed by atoms with Gasteiger partial charge in [0.25, 0.3) is 0 Å². The van der Waals surface area contributed by atoms with E-state index in [2.05, 4.69) is 6.07 Å². The fourth-order valence-corrected chi connectivity index (χ4v) is 3.17. The van der Waals surface area contributed by atoms with Gasteiger partial charge >= 0.3 is 5.97 Å². The molecular weight excluding hydrogens is 308 g/mol. The summed E-state index contributed by atoms with van der Waals surface area (Å²) in [5.74, 6) is 0.525. The summed E-state index contributed by atoms with van der Waals surface area (Å²) in [5.41, 5.74) is 3.93. The van der Waals surface area contributed by atoms with Gasteiger partial charge < -0.3 is 4.74 Å². The monoisotopic (exact) mass is 328 g/mol. The maximum atomic E-state index is 12.0. The first-order valence-electron chi connectivity index (χ1n) is 8.27. The molecule has 3 heteroatoms. The number of ether oxygens (including phenoxy) is 1. The van der Waals surface area contributed by atoms with Crippen molar-refractivity contribution in [2.24, 2.45) is 0 Å². The number of fused-ring (bicyclic) bond motifs is 1. The van der Waals surface area contributed by atoms with Crippen molar-refractivity contribution in [3.05, 3.63) is 64.2 Å². The molecule has 120 valence electrons. The first-order valence-corrected chi connectivity index (χ1v) is 8.65. The van der Waals surface area contributed by atoms with E-state index in [1.807, 2.05) is 36.4 Å². The largest absolute Gasteiger partial charge is 0.427 e. The van der Waals surface area contributed by atoms with Gasteiger partial charge in [-0.15, -0.1) is 0 Å². The zero-order valence-electron chi connectivity index (χ0n) is 13.2. The van der Waals surface area contributed by atoms with Gasteiger partial charge in [0.2, 0.25) is 0 Å². The van der Waals surface area contributed by atoms with E-state index in [4.69, 9.17) is 16.3 Å². The van der Waals surface area contributed by atoms with E-state index >= 15 is 0 Å².